The molecule has 1 atom stereocenters. The first-order chi connectivity index (χ1) is 10.1. The van der Waals surface area contributed by atoms with Crippen LogP contribution in [0.5, 0.6) is 0 Å². The molecule has 0 aromatic heterocycles. The third-order valence-corrected chi connectivity index (χ3v) is 6.62. The van der Waals surface area contributed by atoms with Gasteiger partial charge in [0.15, 0.2) is 9.84 Å². The molecule has 1 heterocycles. The van der Waals surface area contributed by atoms with Crippen molar-refractivity contribution in [2.45, 2.75) is 30.3 Å². The number of likely N-dealkylation sites (tertiary alicyclic amines) is 1. The second kappa shape index (κ2) is 8.20. The van der Waals surface area contributed by atoms with E-state index in [4.69, 9.17) is 0 Å². The summed E-state index contributed by atoms with van der Waals surface area (Å²) in [6.07, 6.45) is 5.86. The van der Waals surface area contributed by atoms with Gasteiger partial charge in [-0.2, -0.15) is 11.8 Å². The summed E-state index contributed by atoms with van der Waals surface area (Å²) in [4.78, 5) is 2.33. The van der Waals surface area contributed by atoms with Gasteiger partial charge in [-0.05, 0) is 31.2 Å². The van der Waals surface area contributed by atoms with Gasteiger partial charge in [-0.1, -0.05) is 36.8 Å². The second-order valence-corrected chi connectivity index (χ2v) is 9.05. The van der Waals surface area contributed by atoms with Crippen LogP contribution in [-0.2, 0) is 15.6 Å². The summed E-state index contributed by atoms with van der Waals surface area (Å²) in [5.41, 5.74) is 0.885. The third-order valence-electron chi connectivity index (χ3n) is 3.99. The molecule has 0 amide bonds. The van der Waals surface area contributed by atoms with Crippen LogP contribution < -0.4 is 0 Å². The van der Waals surface area contributed by atoms with E-state index in [1.54, 1.807) is 0 Å². The summed E-state index contributed by atoms with van der Waals surface area (Å²) in [5, 5.41) is 0.657. The quantitative estimate of drug-likeness (QED) is 0.805. The monoisotopic (exact) mass is 327 g/mol. The Labute approximate surface area is 133 Å². The second-order valence-electron chi connectivity index (χ2n) is 5.73. The lowest BCUT2D eigenvalue weighted by molar-refractivity contribution is 0.304. The molecule has 21 heavy (non-hydrogen) atoms. The highest BCUT2D eigenvalue weighted by atomic mass is 32.2. The van der Waals surface area contributed by atoms with E-state index in [9.17, 15) is 8.42 Å². The fraction of sp³-hybridized carbons (Fsp3) is 0.625. The van der Waals surface area contributed by atoms with Crippen LogP contribution in [0.1, 0.15) is 24.8 Å². The lowest BCUT2D eigenvalue weighted by atomic mass is 10.2. The predicted octanol–water partition coefficient (Wildman–Crippen LogP) is 2.82. The molecule has 0 radical (unpaired) electrons. The van der Waals surface area contributed by atoms with Gasteiger partial charge in [0.25, 0.3) is 0 Å². The van der Waals surface area contributed by atoms with Gasteiger partial charge < -0.3 is 4.90 Å². The largest absolute Gasteiger partial charge is 0.301 e. The highest BCUT2D eigenvalue weighted by molar-refractivity contribution is 7.99. The van der Waals surface area contributed by atoms with E-state index in [2.05, 4.69) is 11.2 Å². The Balaban J connectivity index is 1.86. The molecule has 0 saturated carbocycles. The van der Waals surface area contributed by atoms with Crippen molar-refractivity contribution < 1.29 is 8.42 Å². The Morgan fingerprint density at radius 3 is 2.71 bits per heavy atom. The average Bonchev–Trinajstić information content (AvgIpc) is 2.71. The molecule has 5 heteroatoms. The first kappa shape index (κ1) is 16.8. The van der Waals surface area contributed by atoms with Crippen LogP contribution in [0.4, 0.5) is 0 Å². The number of nitrogens with zero attached hydrogens (tertiary/aromatic N) is 1. The van der Waals surface area contributed by atoms with E-state index < -0.39 is 9.84 Å². The van der Waals surface area contributed by atoms with Gasteiger partial charge in [0.05, 0.1) is 11.5 Å². The minimum Gasteiger partial charge on any atom is -0.301 e. The van der Waals surface area contributed by atoms with Gasteiger partial charge >= 0.3 is 0 Å². The number of hydrogen-bond acceptors (Lipinski definition) is 4. The maximum atomic E-state index is 12.2. The molecule has 0 unspecified atom stereocenters. The summed E-state index contributed by atoms with van der Waals surface area (Å²) in [7, 11) is -3.02. The highest BCUT2D eigenvalue weighted by Gasteiger charge is 2.19. The van der Waals surface area contributed by atoms with Crippen molar-refractivity contribution in [3.05, 3.63) is 35.9 Å². The molecular weight excluding hydrogens is 302 g/mol. The molecule has 0 spiro atoms. The van der Waals surface area contributed by atoms with Crippen LogP contribution in [0.3, 0.4) is 0 Å². The van der Waals surface area contributed by atoms with Gasteiger partial charge in [-0.25, -0.2) is 8.42 Å². The van der Waals surface area contributed by atoms with E-state index >= 15 is 0 Å². The molecule has 1 fully saturated rings. The number of hydrogen-bond donors (Lipinski definition) is 0. The molecule has 0 N–H and O–H groups in total. The fourth-order valence-corrected chi connectivity index (χ4v) is 4.89. The highest BCUT2D eigenvalue weighted by Crippen LogP contribution is 2.20. The van der Waals surface area contributed by atoms with Crippen LogP contribution in [0.25, 0.3) is 0 Å². The van der Waals surface area contributed by atoms with Gasteiger partial charge in [0.2, 0.25) is 0 Å². The molecule has 0 bridgehead atoms. The van der Waals surface area contributed by atoms with Crippen LogP contribution in [0, 0.1) is 0 Å². The molecular formula is C16H25NO2S2. The van der Waals surface area contributed by atoms with E-state index in [1.165, 1.54) is 19.3 Å². The van der Waals surface area contributed by atoms with E-state index in [0.717, 1.165) is 18.7 Å². The number of rotatable bonds is 6. The summed E-state index contributed by atoms with van der Waals surface area (Å²) in [6, 6.07) is 9.46. The normalized spacial score (nSPS) is 21.1. The van der Waals surface area contributed by atoms with Gasteiger partial charge in [0, 0.05) is 18.3 Å². The van der Waals surface area contributed by atoms with Crippen molar-refractivity contribution in [2.75, 3.05) is 31.6 Å². The van der Waals surface area contributed by atoms with Crippen molar-refractivity contribution in [2.24, 2.45) is 0 Å². The summed E-state index contributed by atoms with van der Waals surface area (Å²) < 4.78 is 24.5. The Kier molecular flexibility index (Phi) is 6.58. The van der Waals surface area contributed by atoms with Crippen molar-refractivity contribution in [3.63, 3.8) is 0 Å². The van der Waals surface area contributed by atoms with Gasteiger partial charge in [-0.3, -0.25) is 0 Å². The Hall–Kier alpha value is -0.520. The number of sulfone groups is 1. The molecule has 1 aromatic rings. The van der Waals surface area contributed by atoms with Crippen LogP contribution in [0.15, 0.2) is 30.3 Å². The number of benzene rings is 1. The van der Waals surface area contributed by atoms with E-state index in [-0.39, 0.29) is 11.5 Å². The van der Waals surface area contributed by atoms with Crippen LogP contribution in [0.2, 0.25) is 0 Å². The van der Waals surface area contributed by atoms with E-state index in [0.29, 0.717) is 11.8 Å². The summed E-state index contributed by atoms with van der Waals surface area (Å²) >= 11 is 1.91. The Morgan fingerprint density at radius 1 is 1.24 bits per heavy atom. The average molecular weight is 328 g/mol. The van der Waals surface area contributed by atoms with Crippen molar-refractivity contribution in [3.8, 4) is 0 Å². The Morgan fingerprint density at radius 2 is 2.00 bits per heavy atom. The fourth-order valence-electron chi connectivity index (χ4n) is 2.74. The van der Waals surface area contributed by atoms with Gasteiger partial charge in [0.1, 0.15) is 0 Å². The third kappa shape index (κ3) is 6.01. The first-order valence-electron chi connectivity index (χ1n) is 7.58. The van der Waals surface area contributed by atoms with E-state index in [1.807, 2.05) is 42.1 Å². The van der Waals surface area contributed by atoms with Crippen LogP contribution >= 0.6 is 11.8 Å². The van der Waals surface area contributed by atoms with Crippen LogP contribution in [-0.4, -0.2) is 50.2 Å². The minimum atomic E-state index is -3.02. The lowest BCUT2D eigenvalue weighted by Crippen LogP contribution is -2.34. The summed E-state index contributed by atoms with van der Waals surface area (Å²) in [6.45, 7) is 2.74. The standard InChI is InChI=1S/C16H25NO2S2/c1-20-16-9-5-6-10-17(13-16)11-12-21(18,19)14-15-7-3-2-4-8-15/h2-4,7-8,16H,5-6,9-14H2,1H3/t16-/m0/s1. The van der Waals surface area contributed by atoms with Crippen molar-refractivity contribution in [1.29, 1.82) is 0 Å². The molecule has 1 saturated heterocycles. The topological polar surface area (TPSA) is 37.4 Å². The predicted molar refractivity (Wildman–Crippen MR) is 91.5 cm³/mol. The smallest absolute Gasteiger partial charge is 0.155 e. The first-order valence-corrected chi connectivity index (χ1v) is 10.7. The molecule has 1 aliphatic rings. The summed E-state index contributed by atoms with van der Waals surface area (Å²) in [5.74, 6) is 0.427. The maximum Gasteiger partial charge on any atom is 0.155 e. The maximum absolute atomic E-state index is 12.2. The number of thioether (sulfide) groups is 1. The molecule has 1 aromatic carbocycles. The zero-order chi connectivity index (χ0) is 15.1. The van der Waals surface area contributed by atoms with Crippen molar-refractivity contribution >= 4 is 21.6 Å². The molecule has 2 rings (SSSR count). The minimum absolute atomic E-state index is 0.160. The molecule has 1 aliphatic heterocycles. The molecule has 118 valence electrons. The Bertz CT molecular complexity index is 516. The zero-order valence-electron chi connectivity index (χ0n) is 12.7. The zero-order valence-corrected chi connectivity index (χ0v) is 14.3. The lowest BCUT2D eigenvalue weighted by Gasteiger charge is -2.23. The molecule has 3 nitrogen and oxygen atoms in total. The van der Waals surface area contributed by atoms with Gasteiger partial charge in [-0.15, -0.1) is 0 Å². The molecule has 0 aliphatic carbocycles. The SMILES string of the molecule is CS[C@H]1CCCCN(CCS(=O)(=O)Cc2ccccc2)C1. The van der Waals surface area contributed by atoms with Crippen molar-refractivity contribution in [1.82, 2.24) is 4.90 Å².